The molecule has 0 bridgehead atoms. The second-order valence-electron chi connectivity index (χ2n) is 3.43. The largest absolute Gasteiger partial charge is 0.349 e. The summed E-state index contributed by atoms with van der Waals surface area (Å²) >= 11 is 0. The normalized spacial score (nSPS) is 10.7. The fourth-order valence-corrected chi connectivity index (χ4v) is 1.64. The average Bonchev–Trinajstić information content (AvgIpc) is 2.30. The van der Waals surface area contributed by atoms with Crippen molar-refractivity contribution in [1.29, 1.82) is 0 Å². The lowest BCUT2D eigenvalue weighted by atomic mass is 10.0. The summed E-state index contributed by atoms with van der Waals surface area (Å²) in [6.07, 6.45) is 2.48. The van der Waals surface area contributed by atoms with Gasteiger partial charge in [0.2, 0.25) is 0 Å². The van der Waals surface area contributed by atoms with E-state index in [1.165, 1.54) is 5.56 Å². The summed E-state index contributed by atoms with van der Waals surface area (Å²) in [7, 11) is 0. The minimum absolute atomic E-state index is 0.258. The van der Waals surface area contributed by atoms with Gasteiger partial charge in [0.1, 0.15) is 0 Å². The maximum Gasteiger partial charge on any atom is 0.184 e. The van der Waals surface area contributed by atoms with Crippen molar-refractivity contribution in [3.63, 3.8) is 0 Å². The lowest BCUT2D eigenvalue weighted by Crippen LogP contribution is -2.11. The van der Waals surface area contributed by atoms with Gasteiger partial charge in [0.15, 0.2) is 6.29 Å². The van der Waals surface area contributed by atoms with Crippen LogP contribution in [0.1, 0.15) is 31.3 Å². The van der Waals surface area contributed by atoms with Gasteiger partial charge in [0.25, 0.3) is 0 Å². The van der Waals surface area contributed by atoms with Gasteiger partial charge in [-0.15, -0.1) is 6.58 Å². The summed E-state index contributed by atoms with van der Waals surface area (Å²) in [6, 6.07) is 8.17. The predicted octanol–water partition coefficient (Wildman–Crippen LogP) is 3.49. The lowest BCUT2D eigenvalue weighted by Gasteiger charge is -2.19. The van der Waals surface area contributed by atoms with E-state index in [9.17, 15) is 0 Å². The highest BCUT2D eigenvalue weighted by Crippen LogP contribution is 2.23. The molecule has 0 aliphatic heterocycles. The van der Waals surface area contributed by atoms with Crippen molar-refractivity contribution >= 4 is 0 Å². The molecule has 0 radical (unpaired) electrons. The maximum atomic E-state index is 5.60. The summed E-state index contributed by atoms with van der Waals surface area (Å²) in [6.45, 7) is 9.01. The van der Waals surface area contributed by atoms with Crippen molar-refractivity contribution in [3.05, 3.63) is 48.0 Å². The van der Waals surface area contributed by atoms with Crippen LogP contribution in [0.2, 0.25) is 0 Å². The topological polar surface area (TPSA) is 18.5 Å². The number of rotatable bonds is 7. The van der Waals surface area contributed by atoms with E-state index >= 15 is 0 Å². The van der Waals surface area contributed by atoms with Gasteiger partial charge in [-0.2, -0.15) is 0 Å². The van der Waals surface area contributed by atoms with E-state index in [4.69, 9.17) is 9.47 Å². The van der Waals surface area contributed by atoms with Crippen LogP contribution in [0, 0.1) is 0 Å². The molecule has 1 aromatic carbocycles. The Morgan fingerprint density at radius 3 is 2.38 bits per heavy atom. The number of hydrogen-bond acceptors (Lipinski definition) is 2. The van der Waals surface area contributed by atoms with Crippen LogP contribution in [-0.2, 0) is 15.9 Å². The van der Waals surface area contributed by atoms with Crippen LogP contribution in [0.15, 0.2) is 36.9 Å². The van der Waals surface area contributed by atoms with Crippen LogP contribution in [0.25, 0.3) is 0 Å². The Bertz CT molecular complexity index is 314. The van der Waals surface area contributed by atoms with Gasteiger partial charge in [0.05, 0.1) is 0 Å². The highest BCUT2D eigenvalue weighted by Gasteiger charge is 2.14. The van der Waals surface area contributed by atoms with Crippen molar-refractivity contribution in [1.82, 2.24) is 0 Å². The molecule has 0 saturated carbocycles. The number of ether oxygens (including phenoxy) is 2. The molecule has 0 heterocycles. The highest BCUT2D eigenvalue weighted by molar-refractivity contribution is 5.29. The van der Waals surface area contributed by atoms with Gasteiger partial charge in [-0.05, 0) is 25.8 Å². The van der Waals surface area contributed by atoms with Crippen molar-refractivity contribution in [2.45, 2.75) is 26.6 Å². The molecule has 1 rings (SSSR count). The van der Waals surface area contributed by atoms with E-state index in [0.717, 1.165) is 12.0 Å². The molecule has 1 aromatic rings. The Morgan fingerprint density at radius 1 is 1.19 bits per heavy atom. The molecule has 0 spiro atoms. The standard InChI is InChI=1S/C14H20O2/c1-4-9-12-10-7-8-11-13(12)14(15-5-2)16-6-3/h4,7-8,10-11,14H,1,5-6,9H2,2-3H3. The molecule has 2 nitrogen and oxygen atoms in total. The first-order valence-corrected chi connectivity index (χ1v) is 5.75. The van der Waals surface area contributed by atoms with Crippen LogP contribution in [0.4, 0.5) is 0 Å². The third-order valence-corrected chi connectivity index (χ3v) is 2.31. The third kappa shape index (κ3) is 3.47. The first kappa shape index (κ1) is 12.9. The zero-order valence-corrected chi connectivity index (χ0v) is 10.1. The van der Waals surface area contributed by atoms with Crippen LogP contribution >= 0.6 is 0 Å². The Morgan fingerprint density at radius 2 is 1.81 bits per heavy atom. The van der Waals surface area contributed by atoms with E-state index in [0.29, 0.717) is 13.2 Å². The van der Waals surface area contributed by atoms with E-state index < -0.39 is 0 Å². The van der Waals surface area contributed by atoms with Crippen LogP contribution in [0.3, 0.4) is 0 Å². The zero-order chi connectivity index (χ0) is 11.8. The zero-order valence-electron chi connectivity index (χ0n) is 10.1. The van der Waals surface area contributed by atoms with E-state index in [2.05, 4.69) is 18.7 Å². The predicted molar refractivity (Wildman–Crippen MR) is 66.3 cm³/mol. The Labute approximate surface area is 97.9 Å². The first-order chi connectivity index (χ1) is 7.83. The van der Waals surface area contributed by atoms with E-state index in [-0.39, 0.29) is 6.29 Å². The molecule has 0 unspecified atom stereocenters. The molecular formula is C14H20O2. The molecule has 88 valence electrons. The molecule has 0 aliphatic carbocycles. The summed E-state index contributed by atoms with van der Waals surface area (Å²) < 4.78 is 11.2. The number of hydrogen-bond donors (Lipinski definition) is 0. The molecule has 0 amide bonds. The minimum atomic E-state index is -0.258. The summed E-state index contributed by atoms with van der Waals surface area (Å²) in [5, 5.41) is 0. The lowest BCUT2D eigenvalue weighted by molar-refractivity contribution is -0.140. The molecule has 0 N–H and O–H groups in total. The Balaban J connectivity index is 2.92. The summed E-state index contributed by atoms with van der Waals surface area (Å²) in [5.41, 5.74) is 2.32. The quantitative estimate of drug-likeness (QED) is 0.517. The first-order valence-electron chi connectivity index (χ1n) is 5.75. The molecule has 16 heavy (non-hydrogen) atoms. The van der Waals surface area contributed by atoms with Crippen molar-refractivity contribution in [2.24, 2.45) is 0 Å². The van der Waals surface area contributed by atoms with Gasteiger partial charge in [-0.1, -0.05) is 30.3 Å². The second kappa shape index (κ2) is 7.20. The molecule has 0 fully saturated rings. The van der Waals surface area contributed by atoms with Gasteiger partial charge in [-0.25, -0.2) is 0 Å². The second-order valence-corrected chi connectivity index (χ2v) is 3.43. The minimum Gasteiger partial charge on any atom is -0.349 e. The van der Waals surface area contributed by atoms with Crippen molar-refractivity contribution in [3.8, 4) is 0 Å². The average molecular weight is 220 g/mol. The molecular weight excluding hydrogens is 200 g/mol. The van der Waals surface area contributed by atoms with Gasteiger partial charge in [-0.3, -0.25) is 0 Å². The Hall–Kier alpha value is -1.12. The fourth-order valence-electron chi connectivity index (χ4n) is 1.64. The van der Waals surface area contributed by atoms with Crippen LogP contribution in [-0.4, -0.2) is 13.2 Å². The maximum absolute atomic E-state index is 5.60. The molecule has 0 aromatic heterocycles. The number of benzene rings is 1. The molecule has 2 heteroatoms. The molecule has 0 atom stereocenters. The van der Waals surface area contributed by atoms with Crippen molar-refractivity contribution in [2.75, 3.05) is 13.2 Å². The van der Waals surface area contributed by atoms with Crippen LogP contribution < -0.4 is 0 Å². The van der Waals surface area contributed by atoms with Gasteiger partial charge < -0.3 is 9.47 Å². The van der Waals surface area contributed by atoms with E-state index in [1.54, 1.807) is 0 Å². The van der Waals surface area contributed by atoms with Crippen molar-refractivity contribution < 1.29 is 9.47 Å². The van der Waals surface area contributed by atoms with Gasteiger partial charge >= 0.3 is 0 Å². The number of allylic oxidation sites excluding steroid dienone is 1. The Kier molecular flexibility index (Phi) is 5.83. The SMILES string of the molecule is C=CCc1ccccc1C(OCC)OCC. The summed E-state index contributed by atoms with van der Waals surface area (Å²) in [4.78, 5) is 0. The summed E-state index contributed by atoms with van der Waals surface area (Å²) in [5.74, 6) is 0. The highest BCUT2D eigenvalue weighted by atomic mass is 16.7. The molecule has 0 aliphatic rings. The fraction of sp³-hybridized carbons (Fsp3) is 0.429. The third-order valence-electron chi connectivity index (χ3n) is 2.31. The molecule has 0 saturated heterocycles. The van der Waals surface area contributed by atoms with Gasteiger partial charge in [0, 0.05) is 18.8 Å². The smallest absolute Gasteiger partial charge is 0.184 e. The monoisotopic (exact) mass is 220 g/mol. The van der Waals surface area contributed by atoms with E-state index in [1.807, 2.05) is 32.1 Å². The van der Waals surface area contributed by atoms with Crippen LogP contribution in [0.5, 0.6) is 0 Å².